The lowest BCUT2D eigenvalue weighted by Gasteiger charge is -2.18. The Balaban J connectivity index is 2.08. The third-order valence-corrected chi connectivity index (χ3v) is 4.44. The van der Waals surface area contributed by atoms with E-state index in [4.69, 9.17) is 4.74 Å². The number of halogens is 2. The molecule has 1 aromatic heterocycles. The van der Waals surface area contributed by atoms with E-state index in [0.717, 1.165) is 18.9 Å². The molecule has 26 heavy (non-hydrogen) atoms. The lowest BCUT2D eigenvalue weighted by atomic mass is 10.0. The Kier molecular flexibility index (Phi) is 3.79. The number of aromatic nitrogens is 1. The Bertz CT molecular complexity index is 1040. The van der Waals surface area contributed by atoms with Gasteiger partial charge in [-0.2, -0.15) is 8.78 Å². The fourth-order valence-electron chi connectivity index (χ4n) is 3.16. The van der Waals surface area contributed by atoms with E-state index in [1.807, 2.05) is 0 Å². The molecule has 7 heteroatoms. The highest BCUT2D eigenvalue weighted by Gasteiger charge is 2.30. The predicted molar refractivity (Wildman–Crippen MR) is 91.9 cm³/mol. The molecule has 1 heterocycles. The zero-order valence-electron chi connectivity index (χ0n) is 13.5. The molecule has 134 valence electrons. The second-order valence-electron chi connectivity index (χ2n) is 6.23. The first-order valence-corrected chi connectivity index (χ1v) is 8.11. The Morgan fingerprint density at radius 2 is 1.77 bits per heavy atom. The molecule has 1 saturated carbocycles. The molecule has 1 aliphatic carbocycles. The number of benzene rings is 2. The van der Waals surface area contributed by atoms with Gasteiger partial charge in [0.25, 0.3) is 5.56 Å². The van der Waals surface area contributed by atoms with Crippen molar-refractivity contribution in [2.75, 3.05) is 0 Å². The summed E-state index contributed by atoms with van der Waals surface area (Å²) in [5.74, 6) is -0.403. The van der Waals surface area contributed by atoms with Crippen molar-refractivity contribution in [2.45, 2.75) is 25.5 Å². The van der Waals surface area contributed by atoms with Crippen molar-refractivity contribution < 1.29 is 23.7 Å². The molecule has 0 saturated heterocycles. The second-order valence-corrected chi connectivity index (χ2v) is 6.23. The molecule has 2 aromatic carbocycles. The highest BCUT2D eigenvalue weighted by atomic mass is 19.3. The minimum absolute atomic E-state index is 0.0402. The normalized spacial score (nSPS) is 14.1. The molecule has 3 aromatic rings. The molecular weight excluding hydrogens is 344 g/mol. The number of phenols is 1. The third kappa shape index (κ3) is 2.75. The van der Waals surface area contributed by atoms with Crippen LogP contribution in [0.1, 0.15) is 18.9 Å². The van der Waals surface area contributed by atoms with E-state index < -0.39 is 12.2 Å². The van der Waals surface area contributed by atoms with Gasteiger partial charge in [-0.15, -0.1) is 0 Å². The van der Waals surface area contributed by atoms with Gasteiger partial charge in [0.15, 0.2) is 5.75 Å². The average Bonchev–Trinajstić information content (AvgIpc) is 3.41. The highest BCUT2D eigenvalue weighted by Crippen LogP contribution is 2.44. The van der Waals surface area contributed by atoms with E-state index in [-0.39, 0.29) is 34.2 Å². The monoisotopic (exact) mass is 359 g/mol. The number of ether oxygens (including phenoxy) is 1. The van der Waals surface area contributed by atoms with E-state index in [0.29, 0.717) is 11.1 Å². The zero-order valence-corrected chi connectivity index (χ0v) is 13.5. The molecule has 0 aliphatic heterocycles. The largest absolute Gasteiger partial charge is 0.508 e. The number of pyridine rings is 1. The molecule has 0 bridgehead atoms. The first-order chi connectivity index (χ1) is 12.5. The van der Waals surface area contributed by atoms with Gasteiger partial charge in [0, 0.05) is 23.1 Å². The molecular formula is C19H15F2NO4. The fourth-order valence-corrected chi connectivity index (χ4v) is 3.16. The highest BCUT2D eigenvalue weighted by molar-refractivity contribution is 5.96. The van der Waals surface area contributed by atoms with Crippen molar-refractivity contribution in [1.82, 2.24) is 4.57 Å². The van der Waals surface area contributed by atoms with Crippen LogP contribution in [0.3, 0.4) is 0 Å². The maximum absolute atomic E-state index is 13.1. The number of phenolic OH excluding ortho intramolecular Hbond substituents is 1. The third-order valence-electron chi connectivity index (χ3n) is 4.44. The molecule has 1 fully saturated rings. The van der Waals surface area contributed by atoms with E-state index >= 15 is 0 Å². The quantitative estimate of drug-likeness (QED) is 0.738. The number of fused-ring (bicyclic) bond motifs is 1. The molecule has 0 spiro atoms. The summed E-state index contributed by atoms with van der Waals surface area (Å²) in [7, 11) is 0. The first kappa shape index (κ1) is 16.4. The van der Waals surface area contributed by atoms with Gasteiger partial charge < -0.3 is 19.5 Å². The Labute approximate surface area is 146 Å². The van der Waals surface area contributed by atoms with Crippen molar-refractivity contribution in [1.29, 1.82) is 0 Å². The van der Waals surface area contributed by atoms with Crippen LogP contribution in [0.5, 0.6) is 17.2 Å². The number of alkyl halides is 2. The molecule has 2 N–H and O–H groups in total. The van der Waals surface area contributed by atoms with Crippen molar-refractivity contribution in [3.63, 3.8) is 0 Å². The van der Waals surface area contributed by atoms with Gasteiger partial charge in [0.1, 0.15) is 11.5 Å². The Morgan fingerprint density at radius 1 is 1.08 bits per heavy atom. The minimum atomic E-state index is -3.10. The average molecular weight is 359 g/mol. The van der Waals surface area contributed by atoms with Crippen molar-refractivity contribution in [3.05, 3.63) is 52.8 Å². The van der Waals surface area contributed by atoms with Crippen LogP contribution in [0.4, 0.5) is 8.78 Å². The van der Waals surface area contributed by atoms with Crippen molar-refractivity contribution in [2.24, 2.45) is 0 Å². The van der Waals surface area contributed by atoms with E-state index in [1.54, 1.807) is 24.3 Å². The summed E-state index contributed by atoms with van der Waals surface area (Å²) in [5.41, 5.74) is 0.582. The Morgan fingerprint density at radius 3 is 2.38 bits per heavy atom. The molecule has 0 radical (unpaired) electrons. The minimum Gasteiger partial charge on any atom is -0.508 e. The van der Waals surface area contributed by atoms with Crippen LogP contribution in [-0.2, 0) is 0 Å². The SMILES string of the molecule is O=c1cc(O)c2ccc(-c3ccc(O)cc3)c(OC(F)F)c2n1C1CC1. The van der Waals surface area contributed by atoms with Gasteiger partial charge in [-0.05, 0) is 42.7 Å². The van der Waals surface area contributed by atoms with Crippen molar-refractivity contribution in [3.8, 4) is 28.4 Å². The summed E-state index contributed by atoms with van der Waals surface area (Å²) in [6, 6.07) is 10.1. The summed E-state index contributed by atoms with van der Waals surface area (Å²) < 4.78 is 32.5. The maximum Gasteiger partial charge on any atom is 0.387 e. The molecule has 0 atom stereocenters. The van der Waals surface area contributed by atoms with Crippen molar-refractivity contribution >= 4 is 10.9 Å². The molecule has 1 aliphatic rings. The molecule has 0 amide bonds. The van der Waals surface area contributed by atoms with Crippen LogP contribution in [0.2, 0.25) is 0 Å². The van der Waals surface area contributed by atoms with Gasteiger partial charge in [0.05, 0.1) is 5.52 Å². The van der Waals surface area contributed by atoms with Gasteiger partial charge in [0.2, 0.25) is 0 Å². The number of hydrogen-bond acceptors (Lipinski definition) is 4. The van der Waals surface area contributed by atoms with Crippen LogP contribution in [0, 0.1) is 0 Å². The number of hydrogen-bond donors (Lipinski definition) is 2. The van der Waals surface area contributed by atoms with Crippen LogP contribution in [0.25, 0.3) is 22.0 Å². The maximum atomic E-state index is 13.1. The standard InChI is InChI=1S/C19H15F2NO4/c20-19(21)26-18-13(10-1-5-12(23)6-2-10)7-8-14-15(24)9-16(25)22(17(14)18)11-3-4-11/h1-2,5-9,11,19,23-24H,3-4H2. The van der Waals surface area contributed by atoms with Gasteiger partial charge in [-0.25, -0.2) is 0 Å². The van der Waals surface area contributed by atoms with E-state index in [1.165, 1.54) is 16.7 Å². The van der Waals surface area contributed by atoms with E-state index in [9.17, 15) is 23.8 Å². The predicted octanol–water partition coefficient (Wildman–Crippen LogP) is 4.02. The fraction of sp³-hybridized carbons (Fsp3) is 0.211. The van der Waals surface area contributed by atoms with Gasteiger partial charge >= 0.3 is 6.61 Å². The van der Waals surface area contributed by atoms with Gasteiger partial charge in [-0.1, -0.05) is 12.1 Å². The Hall–Kier alpha value is -3.09. The summed E-state index contributed by atoms with van der Waals surface area (Å²) in [6.45, 7) is -3.10. The smallest absolute Gasteiger partial charge is 0.387 e. The van der Waals surface area contributed by atoms with Crippen LogP contribution >= 0.6 is 0 Å². The number of nitrogens with zero attached hydrogens (tertiary/aromatic N) is 1. The summed E-state index contributed by atoms with van der Waals surface area (Å²) in [5, 5.41) is 19.9. The number of rotatable bonds is 4. The second kappa shape index (κ2) is 6.01. The molecule has 0 unspecified atom stereocenters. The lowest BCUT2D eigenvalue weighted by molar-refractivity contribution is -0.0486. The van der Waals surface area contributed by atoms with Gasteiger partial charge in [-0.3, -0.25) is 4.79 Å². The van der Waals surface area contributed by atoms with E-state index in [2.05, 4.69) is 0 Å². The summed E-state index contributed by atoms with van der Waals surface area (Å²) in [4.78, 5) is 12.4. The zero-order chi connectivity index (χ0) is 18.4. The summed E-state index contributed by atoms with van der Waals surface area (Å²) in [6.07, 6.45) is 1.52. The van der Waals surface area contributed by atoms with Crippen LogP contribution in [0.15, 0.2) is 47.3 Å². The summed E-state index contributed by atoms with van der Waals surface area (Å²) >= 11 is 0. The lowest BCUT2D eigenvalue weighted by Crippen LogP contribution is -2.19. The molecule has 5 nitrogen and oxygen atoms in total. The van der Waals surface area contributed by atoms with Crippen LogP contribution in [-0.4, -0.2) is 21.4 Å². The van der Waals surface area contributed by atoms with Crippen LogP contribution < -0.4 is 10.3 Å². The first-order valence-electron chi connectivity index (χ1n) is 8.11. The molecule has 4 rings (SSSR count). The topological polar surface area (TPSA) is 71.7 Å². The number of aromatic hydroxyl groups is 2.